The van der Waals surface area contributed by atoms with E-state index in [1.54, 1.807) is 36.5 Å². The number of rotatable bonds is 8. The van der Waals surface area contributed by atoms with Crippen LogP contribution in [0.4, 0.5) is 13.2 Å². The molecular formula is C23H21F3N2OS. The van der Waals surface area contributed by atoms with E-state index < -0.39 is 11.6 Å². The van der Waals surface area contributed by atoms with Gasteiger partial charge >= 0.3 is 0 Å². The van der Waals surface area contributed by atoms with Gasteiger partial charge in [0.05, 0.1) is 5.56 Å². The van der Waals surface area contributed by atoms with Crippen molar-refractivity contribution in [2.75, 3.05) is 0 Å². The van der Waals surface area contributed by atoms with Crippen molar-refractivity contribution in [3.05, 3.63) is 94.9 Å². The standard InChI is InChI=1S/C23H21F3N2OS/c1-15(4-5-16-8-11-20(25)21(26)13-16)30-23-19(3-2-12-27-23)22(29)28-14-17-6-9-18(24)10-7-17/h2-3,6-13,15H,4-5,14H2,1H3,(H,28,29). The lowest BCUT2D eigenvalue weighted by molar-refractivity contribution is 0.0947. The van der Waals surface area contributed by atoms with Crippen LogP contribution in [0.1, 0.15) is 34.8 Å². The van der Waals surface area contributed by atoms with Gasteiger partial charge in [-0.3, -0.25) is 4.79 Å². The highest BCUT2D eigenvalue weighted by Gasteiger charge is 2.16. The zero-order valence-electron chi connectivity index (χ0n) is 16.4. The van der Waals surface area contributed by atoms with Crippen molar-refractivity contribution >= 4 is 17.7 Å². The zero-order valence-corrected chi connectivity index (χ0v) is 17.2. The molecule has 2 aromatic carbocycles. The lowest BCUT2D eigenvalue weighted by Gasteiger charge is -2.14. The fraction of sp³-hybridized carbons (Fsp3) is 0.217. The number of hydrogen-bond donors (Lipinski definition) is 1. The molecule has 0 spiro atoms. The molecule has 1 heterocycles. The Bertz CT molecular complexity index is 1010. The van der Waals surface area contributed by atoms with E-state index in [0.717, 1.165) is 17.2 Å². The lowest BCUT2D eigenvalue weighted by Crippen LogP contribution is -2.23. The second-order valence-corrected chi connectivity index (χ2v) is 8.31. The summed E-state index contributed by atoms with van der Waals surface area (Å²) in [4.78, 5) is 17.0. The summed E-state index contributed by atoms with van der Waals surface area (Å²) in [5.74, 6) is -2.29. The molecule has 0 aliphatic heterocycles. The van der Waals surface area contributed by atoms with Crippen LogP contribution in [0.2, 0.25) is 0 Å². The molecule has 1 amide bonds. The first kappa shape index (κ1) is 21.9. The molecule has 0 saturated carbocycles. The Morgan fingerprint density at radius 1 is 1.03 bits per heavy atom. The van der Waals surface area contributed by atoms with Crippen LogP contribution in [0.25, 0.3) is 0 Å². The van der Waals surface area contributed by atoms with Crippen LogP contribution in [0, 0.1) is 17.5 Å². The molecule has 0 saturated heterocycles. The van der Waals surface area contributed by atoms with E-state index in [4.69, 9.17) is 0 Å². The smallest absolute Gasteiger partial charge is 0.254 e. The van der Waals surface area contributed by atoms with Gasteiger partial charge in [0.2, 0.25) is 0 Å². The third-order valence-electron chi connectivity index (χ3n) is 4.52. The highest BCUT2D eigenvalue weighted by Crippen LogP contribution is 2.27. The van der Waals surface area contributed by atoms with Gasteiger partial charge < -0.3 is 5.32 Å². The molecule has 1 atom stereocenters. The van der Waals surface area contributed by atoms with Crippen LogP contribution < -0.4 is 5.32 Å². The Morgan fingerprint density at radius 3 is 2.50 bits per heavy atom. The summed E-state index contributed by atoms with van der Waals surface area (Å²) in [5, 5.41) is 3.54. The van der Waals surface area contributed by atoms with Crippen LogP contribution in [-0.2, 0) is 13.0 Å². The van der Waals surface area contributed by atoms with E-state index in [9.17, 15) is 18.0 Å². The van der Waals surface area contributed by atoms with Crippen molar-refractivity contribution < 1.29 is 18.0 Å². The van der Waals surface area contributed by atoms with E-state index in [1.807, 2.05) is 6.92 Å². The van der Waals surface area contributed by atoms with Crippen molar-refractivity contribution in [2.24, 2.45) is 0 Å². The maximum absolute atomic E-state index is 13.4. The van der Waals surface area contributed by atoms with Gasteiger partial charge in [0, 0.05) is 18.0 Å². The van der Waals surface area contributed by atoms with Crippen molar-refractivity contribution in [1.29, 1.82) is 0 Å². The molecule has 156 valence electrons. The van der Waals surface area contributed by atoms with Crippen LogP contribution in [0.15, 0.2) is 65.8 Å². The SMILES string of the molecule is CC(CCc1ccc(F)c(F)c1)Sc1ncccc1C(=O)NCc1ccc(F)cc1. The Labute approximate surface area is 177 Å². The number of hydrogen-bond acceptors (Lipinski definition) is 3. The Kier molecular flexibility index (Phi) is 7.52. The molecule has 0 fully saturated rings. The highest BCUT2D eigenvalue weighted by atomic mass is 32.2. The average molecular weight is 430 g/mol. The maximum atomic E-state index is 13.4. The van der Waals surface area contributed by atoms with Crippen LogP contribution in [0.5, 0.6) is 0 Å². The minimum Gasteiger partial charge on any atom is -0.348 e. The van der Waals surface area contributed by atoms with E-state index >= 15 is 0 Å². The average Bonchev–Trinajstić information content (AvgIpc) is 2.74. The van der Waals surface area contributed by atoms with E-state index in [0.29, 0.717) is 23.4 Å². The minimum atomic E-state index is -0.856. The summed E-state index contributed by atoms with van der Waals surface area (Å²) in [5.41, 5.74) is 1.98. The van der Waals surface area contributed by atoms with Crippen LogP contribution in [-0.4, -0.2) is 16.1 Å². The van der Waals surface area contributed by atoms with Crippen molar-refractivity contribution in [3.8, 4) is 0 Å². The number of aryl methyl sites for hydroxylation is 1. The number of amides is 1. The van der Waals surface area contributed by atoms with Crippen molar-refractivity contribution in [1.82, 2.24) is 10.3 Å². The van der Waals surface area contributed by atoms with Gasteiger partial charge in [-0.15, -0.1) is 11.8 Å². The zero-order chi connectivity index (χ0) is 21.5. The quantitative estimate of drug-likeness (QED) is 0.477. The number of carbonyl (C=O) groups is 1. The molecule has 0 aliphatic rings. The maximum Gasteiger partial charge on any atom is 0.254 e. The Hall–Kier alpha value is -2.80. The van der Waals surface area contributed by atoms with Crippen molar-refractivity contribution in [3.63, 3.8) is 0 Å². The first-order chi connectivity index (χ1) is 14.4. The number of benzene rings is 2. The van der Waals surface area contributed by atoms with Gasteiger partial charge in [0.25, 0.3) is 5.91 Å². The van der Waals surface area contributed by atoms with Gasteiger partial charge in [-0.1, -0.05) is 25.1 Å². The van der Waals surface area contributed by atoms with Gasteiger partial charge in [-0.25, -0.2) is 18.2 Å². The van der Waals surface area contributed by atoms with Gasteiger partial charge in [-0.05, 0) is 60.4 Å². The fourth-order valence-electron chi connectivity index (χ4n) is 2.85. The predicted octanol–water partition coefficient (Wildman–Crippen LogP) is 5.54. The number of pyridine rings is 1. The molecule has 0 aliphatic carbocycles. The first-order valence-electron chi connectivity index (χ1n) is 9.50. The normalized spacial score (nSPS) is 11.9. The number of carbonyl (C=O) groups excluding carboxylic acids is 1. The van der Waals surface area contributed by atoms with E-state index in [1.165, 1.54) is 30.0 Å². The largest absolute Gasteiger partial charge is 0.348 e. The highest BCUT2D eigenvalue weighted by molar-refractivity contribution is 7.99. The molecule has 3 rings (SSSR count). The predicted molar refractivity (Wildman–Crippen MR) is 112 cm³/mol. The van der Waals surface area contributed by atoms with Crippen LogP contribution >= 0.6 is 11.8 Å². The summed E-state index contributed by atoms with van der Waals surface area (Å²) in [6, 6.07) is 13.3. The first-order valence-corrected chi connectivity index (χ1v) is 10.4. The monoisotopic (exact) mass is 430 g/mol. The number of aromatic nitrogens is 1. The molecular weight excluding hydrogens is 409 g/mol. The lowest BCUT2D eigenvalue weighted by atomic mass is 10.1. The van der Waals surface area contributed by atoms with Gasteiger partial charge in [-0.2, -0.15) is 0 Å². The summed E-state index contributed by atoms with van der Waals surface area (Å²) in [6.45, 7) is 2.28. The van der Waals surface area contributed by atoms with E-state index in [-0.39, 0.29) is 23.5 Å². The van der Waals surface area contributed by atoms with E-state index in [2.05, 4.69) is 10.3 Å². The van der Waals surface area contributed by atoms with Gasteiger partial charge in [0.1, 0.15) is 10.8 Å². The third kappa shape index (κ3) is 6.10. The molecule has 3 aromatic rings. The second-order valence-electron chi connectivity index (χ2n) is 6.88. The molecule has 30 heavy (non-hydrogen) atoms. The summed E-state index contributed by atoms with van der Waals surface area (Å²) in [6.07, 6.45) is 2.93. The number of halogens is 3. The molecule has 7 heteroatoms. The molecule has 0 radical (unpaired) electrons. The summed E-state index contributed by atoms with van der Waals surface area (Å²) in [7, 11) is 0. The van der Waals surface area contributed by atoms with Crippen molar-refractivity contribution in [2.45, 2.75) is 36.6 Å². The Morgan fingerprint density at radius 2 is 1.77 bits per heavy atom. The number of nitrogens with zero attached hydrogens (tertiary/aromatic N) is 1. The molecule has 3 nitrogen and oxygen atoms in total. The molecule has 1 aromatic heterocycles. The number of nitrogens with one attached hydrogen (secondary N) is 1. The van der Waals surface area contributed by atoms with Crippen LogP contribution in [0.3, 0.4) is 0 Å². The minimum absolute atomic E-state index is 0.108. The molecule has 0 bridgehead atoms. The topological polar surface area (TPSA) is 42.0 Å². The Balaban J connectivity index is 1.58. The molecule has 1 unspecified atom stereocenters. The summed E-state index contributed by atoms with van der Waals surface area (Å²) >= 11 is 1.46. The number of thioether (sulfide) groups is 1. The third-order valence-corrected chi connectivity index (χ3v) is 5.71. The van der Waals surface area contributed by atoms with Gasteiger partial charge in [0.15, 0.2) is 11.6 Å². The summed E-state index contributed by atoms with van der Waals surface area (Å²) < 4.78 is 39.4. The fourth-order valence-corrected chi connectivity index (χ4v) is 3.88. The molecule has 1 N–H and O–H groups in total. The second kappa shape index (κ2) is 10.3.